The fourth-order valence-electron chi connectivity index (χ4n) is 1.62. The molecular formula is C11H9ClF3N3O. The van der Waals surface area contributed by atoms with Gasteiger partial charge in [-0.25, -0.2) is 9.67 Å². The van der Waals surface area contributed by atoms with Crippen LogP contribution in [-0.4, -0.2) is 26.0 Å². The van der Waals surface area contributed by atoms with Gasteiger partial charge in [0.25, 0.3) is 0 Å². The van der Waals surface area contributed by atoms with Crippen molar-refractivity contribution in [3.05, 3.63) is 47.5 Å². The summed E-state index contributed by atoms with van der Waals surface area (Å²) in [4.78, 5) is 3.55. The molecule has 1 aromatic heterocycles. The average Bonchev–Trinajstić information content (AvgIpc) is 2.81. The average molecular weight is 292 g/mol. The highest BCUT2D eigenvalue weighted by Gasteiger charge is 2.55. The molecule has 0 fully saturated rings. The van der Waals surface area contributed by atoms with Crippen LogP contribution in [0.5, 0.6) is 0 Å². The lowest BCUT2D eigenvalue weighted by molar-refractivity contribution is -0.272. The number of halogens is 4. The maximum atomic E-state index is 13.1. The van der Waals surface area contributed by atoms with Gasteiger partial charge in [0, 0.05) is 5.02 Å². The molecular weight excluding hydrogens is 283 g/mol. The molecule has 2 rings (SSSR count). The zero-order chi connectivity index (χ0) is 14.1. The minimum absolute atomic E-state index is 0.286. The summed E-state index contributed by atoms with van der Waals surface area (Å²) in [7, 11) is 0. The SMILES string of the molecule is OC(Cn1cncn1)(c1ccc(Cl)cc1)C(F)(F)F. The zero-order valence-corrected chi connectivity index (χ0v) is 10.2. The van der Waals surface area contributed by atoms with Crippen LogP contribution in [0.25, 0.3) is 0 Å². The van der Waals surface area contributed by atoms with Gasteiger partial charge < -0.3 is 5.11 Å². The quantitative estimate of drug-likeness (QED) is 0.944. The van der Waals surface area contributed by atoms with E-state index in [1.54, 1.807) is 0 Å². The Kier molecular flexibility index (Phi) is 3.51. The number of alkyl halides is 3. The molecule has 0 aliphatic heterocycles. The Morgan fingerprint density at radius 3 is 2.32 bits per heavy atom. The minimum atomic E-state index is -4.85. The molecule has 1 N–H and O–H groups in total. The Morgan fingerprint density at radius 2 is 1.84 bits per heavy atom. The van der Waals surface area contributed by atoms with Crippen LogP contribution in [0.3, 0.4) is 0 Å². The third-order valence-corrected chi connectivity index (χ3v) is 2.90. The van der Waals surface area contributed by atoms with E-state index in [1.165, 1.54) is 12.1 Å². The predicted molar refractivity (Wildman–Crippen MR) is 61.4 cm³/mol. The Morgan fingerprint density at radius 1 is 1.21 bits per heavy atom. The first-order chi connectivity index (χ1) is 8.83. The molecule has 19 heavy (non-hydrogen) atoms. The van der Waals surface area contributed by atoms with Gasteiger partial charge in [-0.3, -0.25) is 0 Å². The lowest BCUT2D eigenvalue weighted by Crippen LogP contribution is -2.46. The van der Waals surface area contributed by atoms with E-state index in [1.807, 2.05) is 0 Å². The molecule has 0 saturated heterocycles. The van der Waals surface area contributed by atoms with Gasteiger partial charge in [0.2, 0.25) is 5.60 Å². The van der Waals surface area contributed by atoms with Crippen molar-refractivity contribution >= 4 is 11.6 Å². The molecule has 0 bridgehead atoms. The van der Waals surface area contributed by atoms with Crippen LogP contribution >= 0.6 is 11.6 Å². The third kappa shape index (κ3) is 2.71. The first kappa shape index (κ1) is 13.8. The monoisotopic (exact) mass is 291 g/mol. The van der Waals surface area contributed by atoms with Crippen molar-refractivity contribution in [3.8, 4) is 0 Å². The molecule has 0 saturated carbocycles. The van der Waals surface area contributed by atoms with E-state index in [4.69, 9.17) is 11.6 Å². The number of benzene rings is 1. The van der Waals surface area contributed by atoms with Gasteiger partial charge in [0.15, 0.2) is 0 Å². The molecule has 8 heteroatoms. The number of rotatable bonds is 3. The van der Waals surface area contributed by atoms with E-state index in [2.05, 4.69) is 10.1 Å². The maximum Gasteiger partial charge on any atom is 0.423 e. The Bertz CT molecular complexity index is 541. The van der Waals surface area contributed by atoms with E-state index in [9.17, 15) is 18.3 Å². The summed E-state index contributed by atoms with van der Waals surface area (Å²) in [5, 5.41) is 13.9. The summed E-state index contributed by atoms with van der Waals surface area (Å²) in [5.74, 6) is 0. The first-order valence-corrected chi connectivity index (χ1v) is 5.58. The van der Waals surface area contributed by atoms with Gasteiger partial charge in [0.1, 0.15) is 12.7 Å². The van der Waals surface area contributed by atoms with Crippen LogP contribution in [0.4, 0.5) is 13.2 Å². The highest BCUT2D eigenvalue weighted by atomic mass is 35.5. The van der Waals surface area contributed by atoms with E-state index < -0.39 is 18.3 Å². The molecule has 4 nitrogen and oxygen atoms in total. The molecule has 102 valence electrons. The maximum absolute atomic E-state index is 13.1. The second kappa shape index (κ2) is 4.82. The van der Waals surface area contributed by atoms with Gasteiger partial charge in [-0.1, -0.05) is 23.7 Å². The predicted octanol–water partition coefficient (Wildman–Crippen LogP) is 2.38. The second-order valence-corrected chi connectivity index (χ2v) is 4.39. The number of hydrogen-bond donors (Lipinski definition) is 1. The summed E-state index contributed by atoms with van der Waals surface area (Å²) in [6.45, 7) is -0.780. The fraction of sp³-hybridized carbons (Fsp3) is 0.273. The van der Waals surface area contributed by atoms with Crippen LogP contribution in [0.15, 0.2) is 36.9 Å². The number of hydrogen-bond acceptors (Lipinski definition) is 3. The summed E-state index contributed by atoms with van der Waals surface area (Å²) in [5.41, 5.74) is -3.36. The fourth-order valence-corrected chi connectivity index (χ4v) is 1.75. The largest absolute Gasteiger partial charge is 0.423 e. The van der Waals surface area contributed by atoms with Crippen molar-refractivity contribution in [1.29, 1.82) is 0 Å². The highest BCUT2D eigenvalue weighted by Crippen LogP contribution is 2.40. The first-order valence-electron chi connectivity index (χ1n) is 5.20. The van der Waals surface area contributed by atoms with Crippen LogP contribution in [0, 0.1) is 0 Å². The van der Waals surface area contributed by atoms with Gasteiger partial charge in [-0.2, -0.15) is 18.3 Å². The molecule has 1 aromatic carbocycles. The van der Waals surface area contributed by atoms with Crippen LogP contribution in [-0.2, 0) is 12.1 Å². The molecule has 0 aliphatic rings. The third-order valence-electron chi connectivity index (χ3n) is 2.65. The number of aromatic nitrogens is 3. The van der Waals surface area contributed by atoms with Crippen LogP contribution in [0.2, 0.25) is 5.02 Å². The van der Waals surface area contributed by atoms with Gasteiger partial charge in [0.05, 0.1) is 6.54 Å². The highest BCUT2D eigenvalue weighted by molar-refractivity contribution is 6.30. The summed E-state index contributed by atoms with van der Waals surface area (Å²) in [6, 6.07) is 4.84. The Balaban J connectivity index is 2.43. The van der Waals surface area contributed by atoms with Gasteiger partial charge in [-0.05, 0) is 17.7 Å². The molecule has 1 unspecified atom stereocenters. The lowest BCUT2D eigenvalue weighted by atomic mass is 9.93. The molecule has 0 aliphatic carbocycles. The minimum Gasteiger partial charge on any atom is -0.375 e. The molecule has 1 heterocycles. The van der Waals surface area contributed by atoms with Crippen LogP contribution in [0.1, 0.15) is 5.56 Å². The Labute approximate surface area is 111 Å². The van der Waals surface area contributed by atoms with Crippen molar-refractivity contribution in [2.45, 2.75) is 18.3 Å². The summed E-state index contributed by atoms with van der Waals surface area (Å²) < 4.78 is 40.3. The second-order valence-electron chi connectivity index (χ2n) is 3.96. The van der Waals surface area contributed by atoms with Crippen LogP contribution < -0.4 is 0 Å². The van der Waals surface area contributed by atoms with Crippen molar-refractivity contribution in [3.63, 3.8) is 0 Å². The molecule has 2 aromatic rings. The standard InChI is InChI=1S/C11H9ClF3N3O/c12-9-3-1-8(2-4-9)10(19,11(13,14)15)5-18-7-16-6-17-18/h1-4,6-7,19H,5H2. The van der Waals surface area contributed by atoms with Gasteiger partial charge in [-0.15, -0.1) is 0 Å². The van der Waals surface area contributed by atoms with E-state index >= 15 is 0 Å². The zero-order valence-electron chi connectivity index (χ0n) is 9.47. The molecule has 0 radical (unpaired) electrons. The topological polar surface area (TPSA) is 50.9 Å². The summed E-state index contributed by atoms with van der Waals surface area (Å²) >= 11 is 5.63. The van der Waals surface area contributed by atoms with Crippen molar-refractivity contribution in [1.82, 2.24) is 14.8 Å². The van der Waals surface area contributed by atoms with Crippen molar-refractivity contribution in [2.24, 2.45) is 0 Å². The lowest BCUT2D eigenvalue weighted by Gasteiger charge is -2.30. The van der Waals surface area contributed by atoms with Crippen molar-refractivity contribution < 1.29 is 18.3 Å². The smallest absolute Gasteiger partial charge is 0.375 e. The summed E-state index contributed by atoms with van der Waals surface area (Å²) in [6.07, 6.45) is -2.65. The molecule has 0 amide bonds. The number of nitrogens with zero attached hydrogens (tertiary/aromatic N) is 3. The normalized spacial score (nSPS) is 15.2. The Hall–Kier alpha value is -1.60. The van der Waals surface area contributed by atoms with E-state index in [-0.39, 0.29) is 10.6 Å². The van der Waals surface area contributed by atoms with E-state index in [0.717, 1.165) is 29.5 Å². The number of aliphatic hydroxyl groups is 1. The van der Waals surface area contributed by atoms with E-state index in [0.29, 0.717) is 0 Å². The van der Waals surface area contributed by atoms with Crippen molar-refractivity contribution in [2.75, 3.05) is 0 Å². The molecule has 0 spiro atoms. The van der Waals surface area contributed by atoms with Gasteiger partial charge >= 0.3 is 6.18 Å². The molecule has 1 atom stereocenters.